The number of urea groups is 1. The van der Waals surface area contributed by atoms with Crippen LogP contribution >= 0.6 is 0 Å². The molecule has 0 saturated heterocycles. The van der Waals surface area contributed by atoms with Crippen LogP contribution in [0.4, 0.5) is 10.6 Å². The molecule has 1 rings (SSSR count). The average molecular weight is 219 g/mol. The van der Waals surface area contributed by atoms with Crippen molar-refractivity contribution < 1.29 is 4.79 Å². The number of hydrogen-bond donors (Lipinski definition) is 2. The number of aryl methyl sites for hydroxylation is 1. The van der Waals surface area contributed by atoms with Crippen molar-refractivity contribution in [3.05, 3.63) is 36.2 Å². The highest BCUT2D eigenvalue weighted by molar-refractivity contribution is 5.88. The monoisotopic (exact) mass is 219 g/mol. The average Bonchev–Trinajstić information content (AvgIpc) is 2.21. The van der Waals surface area contributed by atoms with E-state index in [0.717, 1.165) is 5.56 Å². The number of anilines is 1. The van der Waals surface area contributed by atoms with Gasteiger partial charge in [-0.1, -0.05) is 26.0 Å². The molecule has 0 unspecified atom stereocenters. The number of amides is 2. The molecule has 4 nitrogen and oxygen atoms in total. The molecule has 2 N–H and O–H groups in total. The summed E-state index contributed by atoms with van der Waals surface area (Å²) in [6, 6.07) is 3.38. The predicted molar refractivity (Wildman–Crippen MR) is 65.1 cm³/mol. The number of carbonyl (C=O) groups is 1. The van der Waals surface area contributed by atoms with E-state index in [-0.39, 0.29) is 6.03 Å². The molecule has 1 aromatic rings. The van der Waals surface area contributed by atoms with Crippen LogP contribution in [-0.2, 0) is 0 Å². The molecule has 86 valence electrons. The first kappa shape index (κ1) is 12.2. The van der Waals surface area contributed by atoms with Crippen LogP contribution in [0, 0.1) is 12.8 Å². The van der Waals surface area contributed by atoms with Gasteiger partial charge in [0.05, 0.1) is 0 Å². The highest BCUT2D eigenvalue weighted by Crippen LogP contribution is 2.03. The van der Waals surface area contributed by atoms with Crippen molar-refractivity contribution in [1.29, 1.82) is 0 Å². The van der Waals surface area contributed by atoms with Crippen LogP contribution in [0.15, 0.2) is 30.6 Å². The Labute approximate surface area is 95.8 Å². The Bertz CT molecular complexity index is 368. The number of hydrogen-bond acceptors (Lipinski definition) is 2. The molecule has 0 aliphatic heterocycles. The first-order valence-corrected chi connectivity index (χ1v) is 5.25. The van der Waals surface area contributed by atoms with E-state index in [2.05, 4.69) is 15.6 Å². The number of pyridine rings is 1. The van der Waals surface area contributed by atoms with E-state index in [9.17, 15) is 4.79 Å². The zero-order valence-electron chi connectivity index (χ0n) is 9.82. The lowest BCUT2D eigenvalue weighted by Gasteiger charge is -2.03. The van der Waals surface area contributed by atoms with E-state index in [1.165, 1.54) is 0 Å². The smallest absolute Gasteiger partial charge is 0.315 e. The molecular weight excluding hydrogens is 202 g/mol. The van der Waals surface area contributed by atoms with Gasteiger partial charge in [0.1, 0.15) is 5.82 Å². The van der Waals surface area contributed by atoms with Crippen molar-refractivity contribution in [2.75, 3.05) is 5.32 Å². The van der Waals surface area contributed by atoms with Crippen molar-refractivity contribution in [1.82, 2.24) is 10.3 Å². The zero-order valence-corrected chi connectivity index (χ0v) is 9.82. The second-order valence-electron chi connectivity index (χ2n) is 3.92. The summed E-state index contributed by atoms with van der Waals surface area (Å²) in [5, 5.41) is 5.24. The van der Waals surface area contributed by atoms with Gasteiger partial charge in [-0.25, -0.2) is 9.78 Å². The normalized spacial score (nSPS) is 10.8. The molecule has 0 aliphatic rings. The van der Waals surface area contributed by atoms with Gasteiger partial charge in [-0.2, -0.15) is 0 Å². The maximum Gasteiger partial charge on any atom is 0.324 e. The summed E-state index contributed by atoms with van der Waals surface area (Å²) >= 11 is 0. The van der Waals surface area contributed by atoms with E-state index >= 15 is 0 Å². The largest absolute Gasteiger partial charge is 0.324 e. The van der Waals surface area contributed by atoms with Crippen molar-refractivity contribution in [2.24, 2.45) is 5.92 Å². The molecule has 0 spiro atoms. The maximum absolute atomic E-state index is 11.4. The van der Waals surface area contributed by atoms with Crippen molar-refractivity contribution in [3.63, 3.8) is 0 Å². The standard InChI is InChI=1S/C12H17N3O/c1-9(2)6-7-13-12(16)15-11-5-4-10(3)8-14-11/h4-9H,1-3H3,(H2,13,14,15,16)/b7-6+. The molecule has 0 radical (unpaired) electrons. The van der Waals surface area contributed by atoms with E-state index in [1.54, 1.807) is 18.5 Å². The first-order valence-electron chi connectivity index (χ1n) is 5.25. The second-order valence-corrected chi connectivity index (χ2v) is 3.92. The molecule has 4 heteroatoms. The summed E-state index contributed by atoms with van der Waals surface area (Å²) in [5.41, 5.74) is 1.06. The predicted octanol–water partition coefficient (Wildman–Crippen LogP) is 2.68. The highest BCUT2D eigenvalue weighted by Gasteiger charge is 1.99. The van der Waals surface area contributed by atoms with Crippen LogP contribution in [0.1, 0.15) is 19.4 Å². The molecule has 0 fully saturated rings. The fourth-order valence-corrected chi connectivity index (χ4v) is 1.01. The lowest BCUT2D eigenvalue weighted by molar-refractivity contribution is 0.255. The summed E-state index contributed by atoms with van der Waals surface area (Å²) in [5.74, 6) is 0.957. The quantitative estimate of drug-likeness (QED) is 0.821. The van der Waals surface area contributed by atoms with Gasteiger partial charge in [0.25, 0.3) is 0 Å². The number of aromatic nitrogens is 1. The molecule has 0 saturated carbocycles. The topological polar surface area (TPSA) is 54.0 Å². The lowest BCUT2D eigenvalue weighted by atomic mass is 10.2. The maximum atomic E-state index is 11.4. The summed E-state index contributed by atoms with van der Waals surface area (Å²) in [4.78, 5) is 15.4. The zero-order chi connectivity index (χ0) is 12.0. The van der Waals surface area contributed by atoms with Crippen molar-refractivity contribution >= 4 is 11.8 Å². The molecule has 16 heavy (non-hydrogen) atoms. The third kappa shape index (κ3) is 4.59. The molecule has 1 aromatic heterocycles. The van der Waals surface area contributed by atoms with Crippen LogP contribution in [0.25, 0.3) is 0 Å². The summed E-state index contributed by atoms with van der Waals surface area (Å²) in [6.45, 7) is 6.03. The van der Waals surface area contributed by atoms with Crippen molar-refractivity contribution in [2.45, 2.75) is 20.8 Å². The third-order valence-corrected chi connectivity index (χ3v) is 1.85. The molecule has 1 heterocycles. The van der Waals surface area contributed by atoms with Crippen LogP contribution in [0.5, 0.6) is 0 Å². The van der Waals surface area contributed by atoms with Crippen LogP contribution in [-0.4, -0.2) is 11.0 Å². The van der Waals surface area contributed by atoms with Gasteiger partial charge < -0.3 is 5.32 Å². The molecular formula is C12H17N3O. The van der Waals surface area contributed by atoms with Crippen molar-refractivity contribution in [3.8, 4) is 0 Å². The Morgan fingerprint density at radius 1 is 1.44 bits per heavy atom. The minimum atomic E-state index is -0.284. The Kier molecular flexibility index (Phi) is 4.51. The number of nitrogens with zero attached hydrogens (tertiary/aromatic N) is 1. The minimum absolute atomic E-state index is 0.284. The van der Waals surface area contributed by atoms with E-state index < -0.39 is 0 Å². The van der Waals surface area contributed by atoms with E-state index in [0.29, 0.717) is 11.7 Å². The summed E-state index contributed by atoms with van der Waals surface area (Å²) in [6.07, 6.45) is 5.25. The molecule has 0 aromatic carbocycles. The Morgan fingerprint density at radius 2 is 2.19 bits per heavy atom. The fraction of sp³-hybridized carbons (Fsp3) is 0.333. The number of carbonyl (C=O) groups excluding carboxylic acids is 1. The summed E-state index contributed by atoms with van der Waals surface area (Å²) in [7, 11) is 0. The van der Waals surface area contributed by atoms with Crippen LogP contribution in [0.3, 0.4) is 0 Å². The molecule has 0 bridgehead atoms. The van der Waals surface area contributed by atoms with Gasteiger partial charge in [-0.3, -0.25) is 5.32 Å². The van der Waals surface area contributed by atoms with Gasteiger partial charge >= 0.3 is 6.03 Å². The Balaban J connectivity index is 2.43. The SMILES string of the molecule is Cc1ccc(NC(=O)N/C=C/C(C)C)nc1. The minimum Gasteiger partial charge on any atom is -0.315 e. The number of nitrogens with one attached hydrogen (secondary N) is 2. The number of allylic oxidation sites excluding steroid dienone is 1. The van der Waals surface area contributed by atoms with Gasteiger partial charge in [-0.15, -0.1) is 0 Å². The third-order valence-electron chi connectivity index (χ3n) is 1.85. The fourth-order valence-electron chi connectivity index (χ4n) is 1.01. The van der Waals surface area contributed by atoms with Gasteiger partial charge in [0.2, 0.25) is 0 Å². The summed E-state index contributed by atoms with van der Waals surface area (Å²) < 4.78 is 0. The highest BCUT2D eigenvalue weighted by atomic mass is 16.2. The van der Waals surface area contributed by atoms with Gasteiger partial charge in [-0.05, 0) is 24.5 Å². The van der Waals surface area contributed by atoms with E-state index in [4.69, 9.17) is 0 Å². The molecule has 0 aliphatic carbocycles. The van der Waals surface area contributed by atoms with Crippen LogP contribution in [0.2, 0.25) is 0 Å². The molecule has 0 atom stereocenters. The van der Waals surface area contributed by atoms with Crippen LogP contribution < -0.4 is 10.6 Å². The molecule has 2 amide bonds. The Hall–Kier alpha value is -1.84. The Morgan fingerprint density at radius 3 is 2.75 bits per heavy atom. The number of rotatable bonds is 3. The van der Waals surface area contributed by atoms with E-state index in [1.807, 2.05) is 32.9 Å². The first-order chi connectivity index (χ1) is 7.58. The van der Waals surface area contributed by atoms with Gasteiger partial charge in [0.15, 0.2) is 0 Å². The van der Waals surface area contributed by atoms with Gasteiger partial charge in [0, 0.05) is 12.4 Å². The lowest BCUT2D eigenvalue weighted by Crippen LogP contribution is -2.24. The second kappa shape index (κ2) is 5.90.